The topological polar surface area (TPSA) is 91.3 Å². The molecule has 0 saturated heterocycles. The Morgan fingerprint density at radius 3 is 2.68 bits per heavy atom. The number of fused-ring (bicyclic) bond motifs is 1. The number of anilines is 1. The molecule has 0 unspecified atom stereocenters. The summed E-state index contributed by atoms with van der Waals surface area (Å²) in [6.07, 6.45) is 1.67. The standard InChI is InChI=1S/C18H14BrN3O3/c19-14-9-11(6-7-13(14)17(23)24)10-21-18(25)22-15-5-1-3-12-4-2-8-20-16(12)15/h1-9H,10H2,(H,23,24)(H2,21,22,25). The van der Waals surface area contributed by atoms with Crippen LogP contribution in [0.1, 0.15) is 15.9 Å². The van der Waals surface area contributed by atoms with Gasteiger partial charge in [-0.3, -0.25) is 4.98 Å². The van der Waals surface area contributed by atoms with Gasteiger partial charge in [-0.2, -0.15) is 0 Å². The number of aromatic nitrogens is 1. The second-order valence-corrected chi connectivity index (χ2v) is 6.16. The Bertz CT molecular complexity index is 954. The predicted molar refractivity (Wildman–Crippen MR) is 98.7 cm³/mol. The third-order valence-electron chi connectivity index (χ3n) is 3.60. The van der Waals surface area contributed by atoms with Gasteiger partial charge in [0.15, 0.2) is 0 Å². The number of pyridine rings is 1. The first-order chi connectivity index (χ1) is 12.0. The van der Waals surface area contributed by atoms with Crippen molar-refractivity contribution in [2.24, 2.45) is 0 Å². The fourth-order valence-corrected chi connectivity index (χ4v) is 2.99. The summed E-state index contributed by atoms with van der Waals surface area (Å²) in [5.41, 5.74) is 2.30. The van der Waals surface area contributed by atoms with Crippen molar-refractivity contribution in [1.29, 1.82) is 0 Å². The molecule has 126 valence electrons. The van der Waals surface area contributed by atoms with Gasteiger partial charge in [-0.25, -0.2) is 9.59 Å². The molecule has 1 aromatic heterocycles. The zero-order chi connectivity index (χ0) is 17.8. The van der Waals surface area contributed by atoms with Gasteiger partial charge in [0.1, 0.15) is 0 Å². The summed E-state index contributed by atoms with van der Waals surface area (Å²) in [6.45, 7) is 0.266. The van der Waals surface area contributed by atoms with E-state index in [9.17, 15) is 9.59 Å². The van der Waals surface area contributed by atoms with E-state index < -0.39 is 5.97 Å². The summed E-state index contributed by atoms with van der Waals surface area (Å²) in [7, 11) is 0. The number of carbonyl (C=O) groups is 2. The van der Waals surface area contributed by atoms with Gasteiger partial charge in [0, 0.05) is 22.6 Å². The lowest BCUT2D eigenvalue weighted by molar-refractivity contribution is 0.0696. The normalized spacial score (nSPS) is 10.4. The summed E-state index contributed by atoms with van der Waals surface area (Å²) in [6, 6.07) is 13.8. The van der Waals surface area contributed by atoms with Crippen molar-refractivity contribution in [2.75, 3.05) is 5.32 Å². The molecule has 7 heteroatoms. The molecule has 0 atom stereocenters. The molecule has 6 nitrogen and oxygen atoms in total. The van der Waals surface area contributed by atoms with E-state index in [1.807, 2.05) is 24.3 Å². The average molecular weight is 400 g/mol. The molecule has 0 bridgehead atoms. The molecule has 0 radical (unpaired) electrons. The highest BCUT2D eigenvalue weighted by Gasteiger charge is 2.10. The highest BCUT2D eigenvalue weighted by molar-refractivity contribution is 9.10. The van der Waals surface area contributed by atoms with E-state index in [0.717, 1.165) is 10.9 Å². The third-order valence-corrected chi connectivity index (χ3v) is 4.25. The first kappa shape index (κ1) is 16.9. The molecule has 2 aromatic carbocycles. The number of para-hydroxylation sites is 1. The number of benzene rings is 2. The van der Waals surface area contributed by atoms with E-state index in [1.165, 1.54) is 6.07 Å². The van der Waals surface area contributed by atoms with Crippen molar-refractivity contribution in [3.05, 3.63) is 70.3 Å². The van der Waals surface area contributed by atoms with Gasteiger partial charge < -0.3 is 15.7 Å². The molecule has 25 heavy (non-hydrogen) atoms. The first-order valence-electron chi connectivity index (χ1n) is 7.45. The Morgan fingerprint density at radius 1 is 1.12 bits per heavy atom. The van der Waals surface area contributed by atoms with Crippen LogP contribution in [0.5, 0.6) is 0 Å². The number of carbonyl (C=O) groups excluding carboxylic acids is 1. The number of aromatic carboxylic acids is 1. The van der Waals surface area contributed by atoms with Crippen LogP contribution in [0.2, 0.25) is 0 Å². The number of urea groups is 1. The molecule has 1 heterocycles. The molecule has 0 aliphatic carbocycles. The predicted octanol–water partition coefficient (Wildman–Crippen LogP) is 4.02. The zero-order valence-corrected chi connectivity index (χ0v) is 14.6. The second kappa shape index (κ2) is 7.31. The maximum Gasteiger partial charge on any atom is 0.336 e. The minimum Gasteiger partial charge on any atom is -0.478 e. The van der Waals surface area contributed by atoms with E-state index >= 15 is 0 Å². The van der Waals surface area contributed by atoms with Crippen LogP contribution in [0.25, 0.3) is 10.9 Å². The number of halogens is 1. The van der Waals surface area contributed by atoms with Crippen molar-refractivity contribution in [1.82, 2.24) is 10.3 Å². The Hall–Kier alpha value is -2.93. The van der Waals surface area contributed by atoms with Gasteiger partial charge in [-0.1, -0.05) is 24.3 Å². The molecule has 0 spiro atoms. The van der Waals surface area contributed by atoms with Gasteiger partial charge in [0.25, 0.3) is 0 Å². The Balaban J connectivity index is 1.67. The van der Waals surface area contributed by atoms with E-state index in [4.69, 9.17) is 5.11 Å². The van der Waals surface area contributed by atoms with Crippen LogP contribution < -0.4 is 10.6 Å². The Labute approximate surface area is 152 Å². The van der Waals surface area contributed by atoms with Gasteiger partial charge in [0.05, 0.1) is 16.8 Å². The summed E-state index contributed by atoms with van der Waals surface area (Å²) in [5.74, 6) is -1.01. The summed E-state index contributed by atoms with van der Waals surface area (Å²) in [4.78, 5) is 27.4. The number of hydrogen-bond donors (Lipinski definition) is 3. The largest absolute Gasteiger partial charge is 0.478 e. The highest BCUT2D eigenvalue weighted by Crippen LogP contribution is 2.21. The van der Waals surface area contributed by atoms with Crippen LogP contribution >= 0.6 is 15.9 Å². The molecule has 0 saturated carbocycles. The first-order valence-corrected chi connectivity index (χ1v) is 8.24. The molecular weight excluding hydrogens is 386 g/mol. The minimum atomic E-state index is -1.01. The van der Waals surface area contributed by atoms with Gasteiger partial charge in [-0.15, -0.1) is 0 Å². The van der Waals surface area contributed by atoms with Gasteiger partial charge >= 0.3 is 12.0 Å². The minimum absolute atomic E-state index is 0.176. The maximum absolute atomic E-state index is 12.1. The second-order valence-electron chi connectivity index (χ2n) is 5.31. The number of rotatable bonds is 4. The molecule has 0 fully saturated rings. The maximum atomic E-state index is 12.1. The molecule has 0 aliphatic rings. The Kier molecular flexibility index (Phi) is 4.95. The molecule has 3 N–H and O–H groups in total. The van der Waals surface area contributed by atoms with E-state index in [0.29, 0.717) is 15.7 Å². The summed E-state index contributed by atoms with van der Waals surface area (Å²) in [5, 5.41) is 15.5. The van der Waals surface area contributed by atoms with Crippen LogP contribution in [0.4, 0.5) is 10.5 Å². The number of nitrogens with one attached hydrogen (secondary N) is 2. The van der Waals surface area contributed by atoms with Crippen molar-refractivity contribution in [3.8, 4) is 0 Å². The van der Waals surface area contributed by atoms with Crippen LogP contribution in [0.15, 0.2) is 59.2 Å². The summed E-state index contributed by atoms with van der Waals surface area (Å²) >= 11 is 3.22. The van der Waals surface area contributed by atoms with Crippen LogP contribution in [0, 0.1) is 0 Å². The van der Waals surface area contributed by atoms with Crippen molar-refractivity contribution < 1.29 is 14.7 Å². The number of hydrogen-bond acceptors (Lipinski definition) is 3. The molecule has 3 rings (SSSR count). The van der Waals surface area contributed by atoms with E-state index in [2.05, 4.69) is 31.5 Å². The number of nitrogens with zero attached hydrogens (tertiary/aromatic N) is 1. The quantitative estimate of drug-likeness (QED) is 0.617. The lowest BCUT2D eigenvalue weighted by Crippen LogP contribution is -2.28. The van der Waals surface area contributed by atoms with Gasteiger partial charge in [0.2, 0.25) is 0 Å². The number of carboxylic acid groups (broad SMARTS) is 1. The zero-order valence-electron chi connectivity index (χ0n) is 13.0. The van der Waals surface area contributed by atoms with Crippen molar-refractivity contribution in [2.45, 2.75) is 6.54 Å². The Morgan fingerprint density at radius 2 is 1.92 bits per heavy atom. The lowest BCUT2D eigenvalue weighted by atomic mass is 10.1. The third kappa shape index (κ3) is 3.95. The van der Waals surface area contributed by atoms with Crippen molar-refractivity contribution >= 4 is 44.5 Å². The van der Waals surface area contributed by atoms with Gasteiger partial charge in [-0.05, 0) is 45.8 Å². The SMILES string of the molecule is O=C(NCc1ccc(C(=O)O)c(Br)c1)Nc1cccc2cccnc12. The van der Waals surface area contributed by atoms with Crippen LogP contribution in [0.3, 0.4) is 0 Å². The average Bonchev–Trinajstić information content (AvgIpc) is 2.60. The van der Waals surface area contributed by atoms with Crippen LogP contribution in [-0.4, -0.2) is 22.1 Å². The fourth-order valence-electron chi connectivity index (χ4n) is 2.40. The molecule has 0 aliphatic heterocycles. The number of carboxylic acids is 1. The smallest absolute Gasteiger partial charge is 0.336 e. The lowest BCUT2D eigenvalue weighted by Gasteiger charge is -2.10. The van der Waals surface area contributed by atoms with E-state index in [1.54, 1.807) is 24.4 Å². The highest BCUT2D eigenvalue weighted by atomic mass is 79.9. The molecule has 2 amide bonds. The van der Waals surface area contributed by atoms with Crippen molar-refractivity contribution in [3.63, 3.8) is 0 Å². The van der Waals surface area contributed by atoms with Crippen LogP contribution in [-0.2, 0) is 6.54 Å². The molecule has 3 aromatic rings. The number of amides is 2. The monoisotopic (exact) mass is 399 g/mol. The van der Waals surface area contributed by atoms with E-state index in [-0.39, 0.29) is 18.1 Å². The fraction of sp³-hybridized carbons (Fsp3) is 0.0556. The molecular formula is C18H14BrN3O3. The summed E-state index contributed by atoms with van der Waals surface area (Å²) < 4.78 is 0.470.